The van der Waals surface area contributed by atoms with Crippen LogP contribution in [0.25, 0.3) is 0 Å². The predicted molar refractivity (Wildman–Crippen MR) is 162 cm³/mol. The number of rotatable bonds is 7. The molecule has 5 rings (SSSR count). The molecule has 0 saturated carbocycles. The fourth-order valence-corrected chi connectivity index (χ4v) is 4.69. The quantitative estimate of drug-likeness (QED) is 0.185. The van der Waals surface area contributed by atoms with E-state index in [-0.39, 0.29) is 31.1 Å². The lowest BCUT2D eigenvalue weighted by Crippen LogP contribution is -2.20. The molecular weight excluding hydrogens is 528 g/mol. The Kier molecular flexibility index (Phi) is 11.0. The van der Waals surface area contributed by atoms with Crippen molar-refractivity contribution in [3.63, 3.8) is 0 Å². The molecular formula is C36H38O6. The lowest BCUT2D eigenvalue weighted by Gasteiger charge is -2.12. The van der Waals surface area contributed by atoms with Crippen molar-refractivity contribution in [3.8, 4) is 17.6 Å². The normalized spacial score (nSPS) is 16.7. The summed E-state index contributed by atoms with van der Waals surface area (Å²) >= 11 is 0. The minimum Gasteiger partial charge on any atom is -0.490 e. The number of carbonyl (C=O) groups excluding carboxylic acids is 2. The van der Waals surface area contributed by atoms with Crippen LogP contribution >= 0.6 is 0 Å². The maximum absolute atomic E-state index is 12.2. The highest BCUT2D eigenvalue weighted by Gasteiger charge is 2.31. The maximum atomic E-state index is 12.2. The SMILES string of the molecule is CC(C)=C1CC(COC(=O)CCC2Cc3cc(C#Cc4ccc(C)cc4)ccc3O2)OC1=O.COCc1ccccc1. The highest BCUT2D eigenvalue weighted by Crippen LogP contribution is 2.31. The molecule has 0 aliphatic carbocycles. The molecule has 0 amide bonds. The maximum Gasteiger partial charge on any atom is 0.334 e. The Morgan fingerprint density at radius 2 is 1.62 bits per heavy atom. The lowest BCUT2D eigenvalue weighted by molar-refractivity contribution is -0.152. The minimum absolute atomic E-state index is 0.0607. The van der Waals surface area contributed by atoms with E-state index in [1.807, 2.05) is 68.4 Å². The van der Waals surface area contributed by atoms with E-state index >= 15 is 0 Å². The van der Waals surface area contributed by atoms with Gasteiger partial charge in [0.05, 0.1) is 6.61 Å². The van der Waals surface area contributed by atoms with Crippen molar-refractivity contribution in [1.82, 2.24) is 0 Å². The highest BCUT2D eigenvalue weighted by molar-refractivity contribution is 5.91. The Bertz CT molecular complexity index is 1460. The van der Waals surface area contributed by atoms with Gasteiger partial charge in [0.1, 0.15) is 24.6 Å². The van der Waals surface area contributed by atoms with Gasteiger partial charge in [-0.1, -0.05) is 65.4 Å². The van der Waals surface area contributed by atoms with E-state index in [2.05, 4.69) is 37.0 Å². The zero-order chi connectivity index (χ0) is 29.9. The molecule has 218 valence electrons. The number of ether oxygens (including phenoxy) is 4. The number of hydrogen-bond donors (Lipinski definition) is 0. The molecule has 2 heterocycles. The second kappa shape index (κ2) is 15.0. The van der Waals surface area contributed by atoms with Gasteiger partial charge in [0.15, 0.2) is 0 Å². The molecule has 2 aliphatic heterocycles. The van der Waals surface area contributed by atoms with Gasteiger partial charge in [-0.3, -0.25) is 4.79 Å². The molecule has 0 spiro atoms. The van der Waals surface area contributed by atoms with Crippen molar-refractivity contribution in [2.24, 2.45) is 0 Å². The second-order valence-corrected chi connectivity index (χ2v) is 10.7. The lowest BCUT2D eigenvalue weighted by atomic mass is 10.0. The van der Waals surface area contributed by atoms with E-state index in [0.29, 0.717) is 25.0 Å². The highest BCUT2D eigenvalue weighted by atomic mass is 16.6. The summed E-state index contributed by atoms with van der Waals surface area (Å²) in [7, 11) is 1.70. The summed E-state index contributed by atoms with van der Waals surface area (Å²) in [5.74, 6) is 6.64. The number of allylic oxidation sites excluding steroid dienone is 1. The third-order valence-corrected chi connectivity index (χ3v) is 7.01. The number of cyclic esters (lactones) is 1. The molecule has 0 radical (unpaired) electrons. The molecule has 3 aromatic carbocycles. The van der Waals surface area contributed by atoms with Gasteiger partial charge in [0.2, 0.25) is 0 Å². The first kappa shape index (κ1) is 30.6. The van der Waals surface area contributed by atoms with Crippen LogP contribution in [0, 0.1) is 18.8 Å². The molecule has 3 aromatic rings. The average Bonchev–Trinajstić information content (AvgIpc) is 3.58. The first-order valence-electron chi connectivity index (χ1n) is 14.2. The summed E-state index contributed by atoms with van der Waals surface area (Å²) in [6, 6.07) is 24.2. The van der Waals surface area contributed by atoms with Gasteiger partial charge in [-0.25, -0.2) is 4.79 Å². The molecule has 0 aromatic heterocycles. The van der Waals surface area contributed by atoms with Gasteiger partial charge in [0.25, 0.3) is 0 Å². The van der Waals surface area contributed by atoms with E-state index in [9.17, 15) is 9.59 Å². The van der Waals surface area contributed by atoms with Crippen LogP contribution in [-0.4, -0.2) is 37.9 Å². The van der Waals surface area contributed by atoms with Crippen LogP contribution in [0.1, 0.15) is 60.9 Å². The number of hydrogen-bond acceptors (Lipinski definition) is 6. The summed E-state index contributed by atoms with van der Waals surface area (Å²) in [5.41, 5.74) is 7.09. The van der Waals surface area contributed by atoms with Crippen molar-refractivity contribution in [1.29, 1.82) is 0 Å². The first-order valence-corrected chi connectivity index (χ1v) is 14.2. The van der Waals surface area contributed by atoms with E-state index in [4.69, 9.17) is 18.9 Å². The van der Waals surface area contributed by atoms with Crippen molar-refractivity contribution >= 4 is 11.9 Å². The van der Waals surface area contributed by atoms with Gasteiger partial charge in [-0.15, -0.1) is 0 Å². The summed E-state index contributed by atoms with van der Waals surface area (Å²) < 4.78 is 21.5. The average molecular weight is 567 g/mol. The van der Waals surface area contributed by atoms with Crippen LogP contribution < -0.4 is 4.74 Å². The molecule has 42 heavy (non-hydrogen) atoms. The summed E-state index contributed by atoms with van der Waals surface area (Å²) in [6.07, 6.45) is 1.61. The standard InChI is InChI=1S/C28H28O5.C8H10O/c1-18(2)25-16-24(33-28(25)30)17-31-27(29)13-11-23-15-22-14-21(10-12-26(22)32-23)9-8-20-6-4-19(3)5-7-20;1-9-7-8-5-3-2-4-6-8/h4-7,10,12,14,23-24H,11,13,15-17H2,1-3H3;2-6H,7H2,1H3. The summed E-state index contributed by atoms with van der Waals surface area (Å²) in [6.45, 7) is 6.62. The van der Waals surface area contributed by atoms with E-state index in [0.717, 1.165) is 34.4 Å². The molecule has 0 bridgehead atoms. The second-order valence-electron chi connectivity index (χ2n) is 10.7. The number of benzene rings is 3. The number of aryl methyl sites for hydroxylation is 1. The van der Waals surface area contributed by atoms with Crippen LogP contribution in [0.15, 0.2) is 83.9 Å². The number of fused-ring (bicyclic) bond motifs is 1. The Balaban J connectivity index is 0.000000385. The number of carbonyl (C=O) groups is 2. The Hall–Kier alpha value is -4.34. The van der Waals surface area contributed by atoms with Crippen molar-refractivity contribution in [3.05, 3.63) is 112 Å². The third-order valence-electron chi connectivity index (χ3n) is 7.01. The Morgan fingerprint density at radius 1 is 0.905 bits per heavy atom. The van der Waals surface area contributed by atoms with Crippen LogP contribution in [0.2, 0.25) is 0 Å². The van der Waals surface area contributed by atoms with E-state index in [1.54, 1.807) is 7.11 Å². The van der Waals surface area contributed by atoms with Gasteiger partial charge >= 0.3 is 11.9 Å². The smallest absolute Gasteiger partial charge is 0.334 e. The first-order chi connectivity index (χ1) is 20.3. The summed E-state index contributed by atoms with van der Waals surface area (Å²) in [5, 5.41) is 0. The minimum atomic E-state index is -0.391. The summed E-state index contributed by atoms with van der Waals surface area (Å²) in [4.78, 5) is 24.0. The van der Waals surface area contributed by atoms with Crippen LogP contribution in [0.3, 0.4) is 0 Å². The topological polar surface area (TPSA) is 71.1 Å². The molecule has 2 atom stereocenters. The van der Waals surface area contributed by atoms with Gasteiger partial charge in [-0.2, -0.15) is 0 Å². The van der Waals surface area contributed by atoms with Crippen molar-refractivity contribution in [2.75, 3.05) is 13.7 Å². The van der Waals surface area contributed by atoms with Crippen LogP contribution in [0.4, 0.5) is 0 Å². The molecule has 0 N–H and O–H groups in total. The molecule has 1 saturated heterocycles. The molecule has 2 unspecified atom stereocenters. The van der Waals surface area contributed by atoms with E-state index < -0.39 is 6.10 Å². The van der Waals surface area contributed by atoms with Gasteiger partial charge < -0.3 is 18.9 Å². The number of esters is 2. The molecule has 6 nitrogen and oxygen atoms in total. The molecule has 2 aliphatic rings. The Labute approximate surface area is 248 Å². The number of methoxy groups -OCH3 is 1. The fraction of sp³-hybridized carbons (Fsp3) is 0.333. The zero-order valence-electron chi connectivity index (χ0n) is 24.8. The van der Waals surface area contributed by atoms with Gasteiger partial charge in [-0.05, 0) is 68.7 Å². The largest absolute Gasteiger partial charge is 0.490 e. The third kappa shape index (κ3) is 9.09. The van der Waals surface area contributed by atoms with Crippen LogP contribution in [-0.2, 0) is 36.8 Å². The van der Waals surface area contributed by atoms with Crippen LogP contribution in [0.5, 0.6) is 5.75 Å². The van der Waals surface area contributed by atoms with Gasteiger partial charge in [0, 0.05) is 43.1 Å². The fourth-order valence-electron chi connectivity index (χ4n) is 4.69. The van der Waals surface area contributed by atoms with E-state index in [1.165, 1.54) is 11.1 Å². The Morgan fingerprint density at radius 3 is 2.31 bits per heavy atom. The molecule has 1 fully saturated rings. The molecule has 6 heteroatoms. The van der Waals surface area contributed by atoms with Crippen molar-refractivity contribution < 1.29 is 28.5 Å². The van der Waals surface area contributed by atoms with Crippen molar-refractivity contribution in [2.45, 2.75) is 65.3 Å². The zero-order valence-corrected chi connectivity index (χ0v) is 24.8. The monoisotopic (exact) mass is 566 g/mol. The predicted octanol–water partition coefficient (Wildman–Crippen LogP) is 6.51.